The summed E-state index contributed by atoms with van der Waals surface area (Å²) in [6.45, 7) is 3.71. The van der Waals surface area contributed by atoms with Gasteiger partial charge in [0, 0.05) is 6.61 Å². The molecular weight excluding hydrogens is 100 g/mol. The van der Waals surface area contributed by atoms with Gasteiger partial charge in [-0.25, -0.2) is 0 Å². The summed E-state index contributed by atoms with van der Waals surface area (Å²) in [5, 5.41) is 8.32. The lowest BCUT2D eigenvalue weighted by molar-refractivity contribution is 0.285. The first-order valence-electron chi connectivity index (χ1n) is 2.87. The zero-order chi connectivity index (χ0) is 6.24. The minimum Gasteiger partial charge on any atom is -0.396 e. The number of rotatable bonds is 4. The fourth-order valence-electron chi connectivity index (χ4n) is 0.460. The summed E-state index contributed by atoms with van der Waals surface area (Å²) < 4.78 is 0. The molecule has 0 amide bonds. The van der Waals surface area contributed by atoms with E-state index < -0.39 is 0 Å². The predicted octanol–water partition coefficient (Wildman–Crippen LogP) is 1.49. The van der Waals surface area contributed by atoms with Crippen molar-refractivity contribution in [3.05, 3.63) is 18.4 Å². The van der Waals surface area contributed by atoms with Gasteiger partial charge in [-0.2, -0.15) is 0 Å². The molecule has 8 heavy (non-hydrogen) atoms. The van der Waals surface area contributed by atoms with Crippen molar-refractivity contribution < 1.29 is 5.11 Å². The van der Waals surface area contributed by atoms with Crippen molar-refractivity contribution in [2.45, 2.75) is 19.3 Å². The van der Waals surface area contributed by atoms with E-state index in [0.717, 1.165) is 19.3 Å². The number of allylic oxidation sites excluding steroid dienone is 1. The average Bonchev–Trinajstić information content (AvgIpc) is 1.81. The van der Waals surface area contributed by atoms with Gasteiger partial charge >= 0.3 is 0 Å². The Morgan fingerprint density at radius 2 is 2.25 bits per heavy atom. The Hall–Kier alpha value is -0.520. The van der Waals surface area contributed by atoms with Crippen LogP contribution >= 0.6 is 0 Å². The smallest absolute Gasteiger partial charge is 0.0431 e. The molecule has 0 unspecified atom stereocenters. The van der Waals surface area contributed by atoms with E-state index in [4.69, 9.17) is 5.11 Å². The van der Waals surface area contributed by atoms with Gasteiger partial charge in [-0.05, 0) is 25.3 Å². The zero-order valence-corrected chi connectivity index (χ0v) is 5.06. The van der Waals surface area contributed by atoms with Crippen molar-refractivity contribution in [1.29, 1.82) is 0 Å². The molecule has 0 rings (SSSR count). The Morgan fingerprint density at radius 3 is 2.75 bits per heavy atom. The molecule has 0 aromatic heterocycles. The lowest BCUT2D eigenvalue weighted by Crippen LogP contribution is -1.79. The lowest BCUT2D eigenvalue weighted by Gasteiger charge is -1.87. The number of aliphatic hydroxyl groups excluding tert-OH is 1. The standard InChI is InChI=1S/C7H12O/c1-2-3-4-5-6-7-8/h3,8H,1,4-7H2. The van der Waals surface area contributed by atoms with Crippen molar-refractivity contribution in [2.75, 3.05) is 6.61 Å². The van der Waals surface area contributed by atoms with E-state index >= 15 is 0 Å². The van der Waals surface area contributed by atoms with Crippen molar-refractivity contribution in [3.63, 3.8) is 0 Å². The molecule has 0 aliphatic carbocycles. The van der Waals surface area contributed by atoms with Crippen LogP contribution < -0.4 is 0 Å². The second-order valence-corrected chi connectivity index (χ2v) is 1.63. The molecule has 46 valence electrons. The van der Waals surface area contributed by atoms with Gasteiger partial charge in [-0.3, -0.25) is 0 Å². The van der Waals surface area contributed by atoms with Crippen molar-refractivity contribution in [2.24, 2.45) is 0 Å². The Kier molecular flexibility index (Phi) is 6.06. The van der Waals surface area contributed by atoms with Gasteiger partial charge in [0.1, 0.15) is 0 Å². The summed E-state index contributed by atoms with van der Waals surface area (Å²) in [5.41, 5.74) is 2.67. The van der Waals surface area contributed by atoms with Crippen LogP contribution in [0.4, 0.5) is 0 Å². The monoisotopic (exact) mass is 112 g/mol. The molecule has 0 radical (unpaired) electrons. The minimum absolute atomic E-state index is 0.297. The molecule has 0 heterocycles. The van der Waals surface area contributed by atoms with Crippen LogP contribution in [0.1, 0.15) is 19.3 Å². The minimum atomic E-state index is 0.297. The van der Waals surface area contributed by atoms with E-state index in [0.29, 0.717) is 6.61 Å². The third-order valence-electron chi connectivity index (χ3n) is 0.901. The SMILES string of the molecule is C=C=CCCCCO. The highest BCUT2D eigenvalue weighted by molar-refractivity contribution is 4.74. The Labute approximate surface area is 50.3 Å². The summed E-state index contributed by atoms with van der Waals surface area (Å²) in [4.78, 5) is 0. The van der Waals surface area contributed by atoms with E-state index in [1.807, 2.05) is 6.08 Å². The molecule has 0 aliphatic rings. The quantitative estimate of drug-likeness (QED) is 0.431. The first-order chi connectivity index (χ1) is 3.91. The molecule has 0 spiro atoms. The maximum Gasteiger partial charge on any atom is 0.0431 e. The maximum absolute atomic E-state index is 8.32. The third-order valence-corrected chi connectivity index (χ3v) is 0.901. The first kappa shape index (κ1) is 7.48. The summed E-state index contributed by atoms with van der Waals surface area (Å²) in [6, 6.07) is 0. The second-order valence-electron chi connectivity index (χ2n) is 1.63. The highest BCUT2D eigenvalue weighted by Crippen LogP contribution is 1.92. The van der Waals surface area contributed by atoms with Gasteiger partial charge in [0.15, 0.2) is 0 Å². The third kappa shape index (κ3) is 5.48. The number of aliphatic hydroxyl groups is 1. The number of hydrogen-bond donors (Lipinski definition) is 1. The van der Waals surface area contributed by atoms with Crippen molar-refractivity contribution in [1.82, 2.24) is 0 Å². The predicted molar refractivity (Wildman–Crippen MR) is 34.6 cm³/mol. The Bertz CT molecular complexity index is 80.4. The summed E-state index contributed by atoms with van der Waals surface area (Å²) >= 11 is 0. The topological polar surface area (TPSA) is 20.2 Å². The molecule has 0 bridgehead atoms. The van der Waals surface area contributed by atoms with Gasteiger partial charge in [0.25, 0.3) is 0 Å². The number of hydrogen-bond acceptors (Lipinski definition) is 1. The Balaban J connectivity index is 2.82. The van der Waals surface area contributed by atoms with Gasteiger partial charge in [0.05, 0.1) is 0 Å². The summed E-state index contributed by atoms with van der Waals surface area (Å²) in [7, 11) is 0. The van der Waals surface area contributed by atoms with Crippen LogP contribution in [-0.4, -0.2) is 11.7 Å². The van der Waals surface area contributed by atoms with Crippen LogP contribution in [0.5, 0.6) is 0 Å². The van der Waals surface area contributed by atoms with Crippen LogP contribution in [0, 0.1) is 0 Å². The summed E-state index contributed by atoms with van der Waals surface area (Å²) in [6.07, 6.45) is 4.80. The lowest BCUT2D eigenvalue weighted by atomic mass is 10.2. The average molecular weight is 112 g/mol. The van der Waals surface area contributed by atoms with Crippen molar-refractivity contribution in [3.8, 4) is 0 Å². The van der Waals surface area contributed by atoms with E-state index in [-0.39, 0.29) is 0 Å². The molecule has 0 atom stereocenters. The molecule has 0 fully saturated rings. The van der Waals surface area contributed by atoms with Crippen LogP contribution in [0.15, 0.2) is 18.4 Å². The van der Waals surface area contributed by atoms with Gasteiger partial charge in [-0.1, -0.05) is 6.58 Å². The second kappa shape index (κ2) is 6.48. The van der Waals surface area contributed by atoms with E-state index in [2.05, 4.69) is 12.3 Å². The van der Waals surface area contributed by atoms with Gasteiger partial charge < -0.3 is 5.11 Å². The van der Waals surface area contributed by atoms with E-state index in [1.165, 1.54) is 0 Å². The molecule has 0 aromatic carbocycles. The molecule has 0 aromatic rings. The highest BCUT2D eigenvalue weighted by atomic mass is 16.2. The van der Waals surface area contributed by atoms with Gasteiger partial charge in [0.2, 0.25) is 0 Å². The van der Waals surface area contributed by atoms with Crippen LogP contribution in [0.3, 0.4) is 0 Å². The molecule has 0 saturated heterocycles. The summed E-state index contributed by atoms with van der Waals surface area (Å²) in [5.74, 6) is 0. The molecular formula is C7H12O. The van der Waals surface area contributed by atoms with Crippen LogP contribution in [0.2, 0.25) is 0 Å². The molecule has 1 N–H and O–H groups in total. The zero-order valence-electron chi connectivity index (χ0n) is 5.06. The van der Waals surface area contributed by atoms with E-state index in [1.54, 1.807) is 0 Å². The van der Waals surface area contributed by atoms with Gasteiger partial charge in [-0.15, -0.1) is 5.73 Å². The molecule has 0 saturated carbocycles. The maximum atomic E-state index is 8.32. The first-order valence-corrected chi connectivity index (χ1v) is 2.87. The van der Waals surface area contributed by atoms with Crippen LogP contribution in [-0.2, 0) is 0 Å². The molecule has 0 aliphatic heterocycles. The molecule has 1 heteroatoms. The van der Waals surface area contributed by atoms with Crippen LogP contribution in [0.25, 0.3) is 0 Å². The fraction of sp³-hybridized carbons (Fsp3) is 0.571. The highest BCUT2D eigenvalue weighted by Gasteiger charge is 1.79. The molecule has 1 nitrogen and oxygen atoms in total. The fourth-order valence-corrected chi connectivity index (χ4v) is 0.460. The largest absolute Gasteiger partial charge is 0.396 e. The number of unbranched alkanes of at least 4 members (excludes halogenated alkanes) is 2. The Morgan fingerprint density at radius 1 is 1.50 bits per heavy atom. The normalized spacial score (nSPS) is 8.12. The van der Waals surface area contributed by atoms with E-state index in [9.17, 15) is 0 Å². The van der Waals surface area contributed by atoms with Crippen molar-refractivity contribution >= 4 is 0 Å².